The minimum Gasteiger partial charge on any atom is -0.455 e. The van der Waals surface area contributed by atoms with E-state index in [0.717, 1.165) is 170 Å². The van der Waals surface area contributed by atoms with E-state index < -0.39 is 6.04 Å². The molecule has 674 valence electrons. The van der Waals surface area contributed by atoms with E-state index >= 15 is 0 Å². The van der Waals surface area contributed by atoms with Gasteiger partial charge < -0.3 is 26.5 Å². The minimum atomic E-state index is -0.404. The quantitative estimate of drug-likeness (QED) is 0.143. The van der Waals surface area contributed by atoms with Crippen molar-refractivity contribution in [2.75, 3.05) is 0 Å². The molecule has 0 amide bonds. The average molecular weight is 2230 g/mol. The molecule has 0 N–H and O–H groups in total. The van der Waals surface area contributed by atoms with Crippen LogP contribution in [0.3, 0.4) is 0 Å². The fourth-order valence-corrected chi connectivity index (χ4v) is 21.4. The van der Waals surface area contributed by atoms with Crippen molar-refractivity contribution < 1.29 is 38.8 Å². The Morgan fingerprint density at radius 2 is 0.539 bits per heavy atom. The van der Waals surface area contributed by atoms with Crippen LogP contribution in [0.4, 0.5) is 0 Å². The highest BCUT2D eigenvalue weighted by Gasteiger charge is 2.24. The molecule has 0 aliphatic carbocycles. The second kappa shape index (κ2) is 39.9. The van der Waals surface area contributed by atoms with Gasteiger partial charge in [-0.15, -0.1) is 11.3 Å². The molecule has 0 saturated carbocycles. The van der Waals surface area contributed by atoms with Crippen LogP contribution in [0.5, 0.6) is 0 Å². The van der Waals surface area contributed by atoms with Gasteiger partial charge in [0.1, 0.15) is 67.0 Å². The molecule has 0 aliphatic rings. The predicted octanol–water partition coefficient (Wildman–Crippen LogP) is 42.3. The Hall–Kier alpha value is -14.7. The Morgan fingerprint density at radius 1 is 0.184 bits per heavy atom. The fraction of sp³-hybridized carbons (Fsp3) is 0. The largest absolute Gasteiger partial charge is 0.455 e. The second-order valence-electron chi connectivity index (χ2n) is 33.5. The van der Waals surface area contributed by atoms with E-state index in [9.17, 15) is 0 Å². The first-order valence-electron chi connectivity index (χ1n) is 49.8. The Bertz CT molecular complexity index is 10000. The lowest BCUT2D eigenvalue weighted by molar-refractivity contribution is 0.666. The highest BCUT2D eigenvalue weighted by molar-refractivity contribution is 9.11. The maximum atomic E-state index is 8.55. The molecule has 7 aromatic heterocycles. The van der Waals surface area contributed by atoms with Crippen LogP contribution < -0.4 is 0 Å². The van der Waals surface area contributed by atoms with Gasteiger partial charge in [0.05, 0.1) is 21.3 Å². The molecule has 141 heavy (non-hydrogen) atoms. The number of rotatable bonds is 9. The molecule has 0 atom stereocenters. The molecule has 0 aliphatic heterocycles. The van der Waals surface area contributed by atoms with E-state index in [4.69, 9.17) is 38.8 Å². The molecular formula is C128H78Br6O6S. The van der Waals surface area contributed by atoms with Gasteiger partial charge in [0.25, 0.3) is 0 Å². The van der Waals surface area contributed by atoms with E-state index in [0.29, 0.717) is 27.9 Å². The van der Waals surface area contributed by atoms with Gasteiger partial charge in [0.15, 0.2) is 0 Å². The summed E-state index contributed by atoms with van der Waals surface area (Å²) in [5.74, 6) is 0. The van der Waals surface area contributed by atoms with Gasteiger partial charge in [-0.25, -0.2) is 0 Å². The van der Waals surface area contributed by atoms with E-state index in [1.54, 1.807) is 11.3 Å². The van der Waals surface area contributed by atoms with Crippen molar-refractivity contribution in [3.63, 3.8) is 0 Å². The number of benzene rings is 21. The van der Waals surface area contributed by atoms with Crippen molar-refractivity contribution >= 4 is 249 Å². The van der Waals surface area contributed by atoms with Gasteiger partial charge >= 0.3 is 0 Å². The summed E-state index contributed by atoms with van der Waals surface area (Å²) >= 11 is 22.5. The zero-order chi connectivity index (χ0) is 103. The van der Waals surface area contributed by atoms with Crippen LogP contribution in [-0.4, -0.2) is 0 Å². The van der Waals surface area contributed by atoms with Crippen molar-refractivity contribution in [3.8, 4) is 99.5 Å². The first-order valence-corrected chi connectivity index (χ1v) is 50.9. The Balaban J connectivity index is 0.000000100. The maximum Gasteiger partial charge on any atom is 0.149 e. The molecule has 0 radical (unpaired) electrons. The van der Waals surface area contributed by atoms with Gasteiger partial charge in [-0.05, 0) is 226 Å². The molecule has 28 rings (SSSR count). The third kappa shape index (κ3) is 18.2. The standard InChI is InChI=1S/C26H15BrOS.3C24H15BrO.C18H11BrO.C12H7BrO/c27-18-11-9-16(10-12-18)19-13-14-21(24-15-17-5-1-4-8-23(17)29-24)25-20-6-2-3-7-22(20)28-26(19)25;25-22-15-19(17-9-5-2-6-10-17)14-21-20-13-18(16-7-3-1-4-8-16)11-12-23(20)26-24(21)22;25-18-14-12-17(13-15-18)20-9-5-11-22-21-10-4-8-19(23(21)26-24(20)22)16-6-2-1-3-7-16;25-18-12-10-17(11-13-18)20-15-14-19(16-6-2-1-3-7-16)23-21-8-4-5-9-22(21)26-24(20)23;19-13-10-8-12(9-11-13)14-5-3-6-16-15-4-1-2-7-17(15)20-18(14)16;13-10-6-3-5-9-8-4-1-2-7-11(8)14-12(9)10/h1-15H;3*1-15H;1-11H;1-7H/i9D,10D,11D,12D;;;1D,2D,3D,6D,7D;;. The van der Waals surface area contributed by atoms with E-state index in [2.05, 4.69) is 338 Å². The predicted molar refractivity (Wildman–Crippen MR) is 613 cm³/mol. The van der Waals surface area contributed by atoms with Crippen LogP contribution >= 0.6 is 107 Å². The molecule has 0 saturated heterocycles. The average Bonchev–Trinajstić information content (AvgIpc) is 1.54. The minimum absolute atomic E-state index is 0.0979. The Morgan fingerprint density at radius 3 is 1.07 bits per heavy atom. The summed E-state index contributed by atoms with van der Waals surface area (Å²) < 4.78 is 118. The lowest BCUT2D eigenvalue weighted by atomic mass is 9.95. The summed E-state index contributed by atoms with van der Waals surface area (Å²) in [7, 11) is 0. The monoisotopic (exact) mass is 2230 g/mol. The van der Waals surface area contributed by atoms with E-state index in [1.807, 2.05) is 176 Å². The van der Waals surface area contributed by atoms with E-state index in [-0.39, 0.29) is 63.9 Å². The number of thiophene rings is 1. The summed E-state index contributed by atoms with van der Waals surface area (Å²) in [6.07, 6.45) is 0. The van der Waals surface area contributed by atoms with Crippen LogP contribution in [0.25, 0.3) is 241 Å². The lowest BCUT2D eigenvalue weighted by Crippen LogP contribution is -1.83. The van der Waals surface area contributed by atoms with Crippen molar-refractivity contribution in [1.82, 2.24) is 0 Å². The number of para-hydroxylation sites is 8. The van der Waals surface area contributed by atoms with Gasteiger partial charge in [-0.3, -0.25) is 0 Å². The highest BCUT2D eigenvalue weighted by atomic mass is 79.9. The molecule has 0 spiro atoms. The van der Waals surface area contributed by atoms with Gasteiger partial charge in [0, 0.05) is 125 Å². The van der Waals surface area contributed by atoms with Crippen molar-refractivity contribution in [1.29, 1.82) is 0 Å². The number of furan rings is 6. The van der Waals surface area contributed by atoms with Crippen molar-refractivity contribution in [2.45, 2.75) is 0 Å². The van der Waals surface area contributed by atoms with Crippen LogP contribution in [-0.2, 0) is 0 Å². The molecule has 0 fully saturated rings. The molecule has 0 unspecified atom stereocenters. The first kappa shape index (κ1) is 80.1. The maximum absolute atomic E-state index is 8.55. The summed E-state index contributed by atoms with van der Waals surface area (Å²) in [5.41, 5.74) is 26.0. The third-order valence-corrected chi connectivity index (χ3v) is 29.3. The summed E-state index contributed by atoms with van der Waals surface area (Å²) in [5, 5.41) is 13.8. The third-order valence-electron chi connectivity index (χ3n) is 25.0. The van der Waals surface area contributed by atoms with Crippen LogP contribution in [0.2, 0.25) is 0 Å². The Kier molecular flexibility index (Phi) is 22.6. The van der Waals surface area contributed by atoms with Crippen LogP contribution in [0, 0.1) is 0 Å². The first-order chi connectivity index (χ1) is 73.1. The molecule has 7 heterocycles. The molecular weight excluding hydrogens is 2140 g/mol. The van der Waals surface area contributed by atoms with Crippen LogP contribution in [0.1, 0.15) is 12.3 Å². The zero-order valence-corrected chi connectivity index (χ0v) is 84.8. The number of halogens is 6. The molecule has 6 nitrogen and oxygen atoms in total. The second-order valence-corrected chi connectivity index (χ2v) is 39.8. The van der Waals surface area contributed by atoms with Crippen LogP contribution in [0.15, 0.2) is 526 Å². The molecule has 28 aromatic rings. The number of fused-ring (bicyclic) bond motifs is 19. The van der Waals surface area contributed by atoms with Crippen molar-refractivity contribution in [3.05, 3.63) is 500 Å². The SMILES string of the molecule is Brc1cc(-c2ccccc2)cc2c1oc1ccc(-c3ccccc3)cc12.Brc1ccc(-c2cccc3c2oc2c(-c4ccccc4)cccc23)cc1.Brc1ccc(-c2cccc3c2oc2ccccc23)cc1.Brc1cccc2c1oc1ccccc12.[2H]c1c([2H])c(-c2ccc(-c3cc4ccccc4s3)c3c2oc2ccccc23)c([2H])c([2H])c1Br.[2H]c1c([2H])c([2H])c(-c2ccc(-c3ccc(Br)cc3)c3oc4ccccc4c23)c([2H])c1[2H]. The molecule has 0 bridgehead atoms. The summed E-state index contributed by atoms with van der Waals surface area (Å²) in [6.45, 7) is 0. The molecule has 21 aromatic carbocycles. The summed E-state index contributed by atoms with van der Waals surface area (Å²) in [6, 6.07) is 139. The van der Waals surface area contributed by atoms with Gasteiger partial charge in [0.2, 0.25) is 0 Å². The number of hydrogen-bond acceptors (Lipinski definition) is 7. The molecule has 13 heteroatoms. The van der Waals surface area contributed by atoms with Gasteiger partial charge in [-0.2, -0.15) is 0 Å². The zero-order valence-electron chi connectivity index (χ0n) is 83.5. The number of hydrogen-bond donors (Lipinski definition) is 0. The van der Waals surface area contributed by atoms with Crippen molar-refractivity contribution in [2.24, 2.45) is 0 Å². The Labute approximate surface area is 878 Å². The lowest BCUT2D eigenvalue weighted by Gasteiger charge is -2.08. The van der Waals surface area contributed by atoms with Gasteiger partial charge in [-0.1, -0.05) is 409 Å². The highest BCUT2D eigenvalue weighted by Crippen LogP contribution is 2.49. The normalized spacial score (nSPS) is 12.2. The topological polar surface area (TPSA) is 78.8 Å². The fourth-order valence-electron chi connectivity index (χ4n) is 18.3. The summed E-state index contributed by atoms with van der Waals surface area (Å²) in [4.78, 5) is 1.11. The smallest absolute Gasteiger partial charge is 0.149 e. The van der Waals surface area contributed by atoms with E-state index in [1.165, 1.54) is 54.1 Å².